The fourth-order valence-corrected chi connectivity index (χ4v) is 3.96. The second kappa shape index (κ2) is 5.79. The summed E-state index contributed by atoms with van der Waals surface area (Å²) >= 11 is 4.00. The van der Waals surface area contributed by atoms with Gasteiger partial charge in [0.2, 0.25) is 5.89 Å². The van der Waals surface area contributed by atoms with Crippen molar-refractivity contribution in [3.05, 3.63) is 5.89 Å². The zero-order valence-corrected chi connectivity index (χ0v) is 10.8. The van der Waals surface area contributed by atoms with Crippen LogP contribution in [0.1, 0.15) is 18.9 Å². The van der Waals surface area contributed by atoms with E-state index in [-0.39, 0.29) is 6.04 Å². The van der Waals surface area contributed by atoms with Crippen molar-refractivity contribution in [1.82, 2.24) is 10.2 Å². The summed E-state index contributed by atoms with van der Waals surface area (Å²) in [7, 11) is 0. The van der Waals surface area contributed by atoms with E-state index < -0.39 is 0 Å². The van der Waals surface area contributed by atoms with Crippen molar-refractivity contribution in [3.8, 4) is 0 Å². The maximum atomic E-state index is 5.63. The monoisotopic (exact) mass is 260 g/mol. The Morgan fingerprint density at radius 2 is 2.44 bits per heavy atom. The number of anilines is 1. The highest BCUT2D eigenvalue weighted by molar-refractivity contribution is 8.06. The van der Waals surface area contributed by atoms with Gasteiger partial charge < -0.3 is 15.5 Å². The molecule has 0 aliphatic carbocycles. The van der Waals surface area contributed by atoms with Gasteiger partial charge >= 0.3 is 6.01 Å². The molecule has 0 radical (unpaired) electrons. The highest BCUT2D eigenvalue weighted by atomic mass is 32.2. The Morgan fingerprint density at radius 3 is 3.06 bits per heavy atom. The van der Waals surface area contributed by atoms with Crippen LogP contribution in [0.25, 0.3) is 0 Å². The van der Waals surface area contributed by atoms with E-state index in [1.165, 1.54) is 17.3 Å². The molecular weight excluding hydrogens is 244 g/mol. The van der Waals surface area contributed by atoms with Crippen molar-refractivity contribution in [2.45, 2.75) is 18.2 Å². The topological polar surface area (TPSA) is 77.0 Å². The summed E-state index contributed by atoms with van der Waals surface area (Å²) in [6, 6.07) is 0.270. The smallest absolute Gasteiger partial charge is 0.315 e. The quantitative estimate of drug-likeness (QED) is 0.846. The molecule has 2 unspecified atom stereocenters. The number of thioether (sulfide) groups is 2. The minimum Gasteiger partial charge on any atom is -0.406 e. The molecule has 1 fully saturated rings. The molecule has 16 heavy (non-hydrogen) atoms. The lowest BCUT2D eigenvalue weighted by atomic mass is 10.4. The van der Waals surface area contributed by atoms with Gasteiger partial charge in [0.15, 0.2) is 0 Å². The van der Waals surface area contributed by atoms with Crippen LogP contribution in [-0.2, 0) is 0 Å². The Morgan fingerprint density at radius 1 is 1.56 bits per heavy atom. The van der Waals surface area contributed by atoms with E-state index in [9.17, 15) is 0 Å². The third-order valence-electron chi connectivity index (χ3n) is 2.20. The van der Waals surface area contributed by atoms with Gasteiger partial charge in [-0.3, -0.25) is 0 Å². The molecule has 1 aliphatic rings. The Bertz CT molecular complexity index is 325. The molecule has 0 bridgehead atoms. The first kappa shape index (κ1) is 12.1. The van der Waals surface area contributed by atoms with Gasteiger partial charge in [-0.15, -0.1) is 5.10 Å². The molecule has 1 aromatic rings. The molecule has 5 nitrogen and oxygen atoms in total. The number of hydrogen-bond donors (Lipinski definition) is 2. The zero-order valence-electron chi connectivity index (χ0n) is 9.18. The van der Waals surface area contributed by atoms with Crippen molar-refractivity contribution >= 4 is 29.5 Å². The van der Waals surface area contributed by atoms with E-state index in [0.717, 1.165) is 6.54 Å². The molecule has 0 aromatic carbocycles. The van der Waals surface area contributed by atoms with Crippen molar-refractivity contribution in [2.75, 3.05) is 29.1 Å². The molecule has 2 heterocycles. The molecule has 0 spiro atoms. The molecule has 2 rings (SSSR count). The lowest BCUT2D eigenvalue weighted by Crippen LogP contribution is -2.23. The molecule has 1 saturated heterocycles. The summed E-state index contributed by atoms with van der Waals surface area (Å²) in [6.07, 6.45) is 0. The van der Waals surface area contributed by atoms with E-state index in [1.54, 1.807) is 0 Å². The molecule has 3 N–H and O–H groups in total. The van der Waals surface area contributed by atoms with Crippen molar-refractivity contribution in [2.24, 2.45) is 5.73 Å². The first-order chi connectivity index (χ1) is 7.75. The highest BCUT2D eigenvalue weighted by Gasteiger charge is 2.15. The first-order valence-corrected chi connectivity index (χ1v) is 7.48. The fraction of sp³-hybridized carbons (Fsp3) is 0.778. The van der Waals surface area contributed by atoms with Crippen LogP contribution in [0.3, 0.4) is 0 Å². The first-order valence-electron chi connectivity index (χ1n) is 5.28. The SMILES string of the molecule is CC(N)c1nnc(NCC2CSCCS2)o1. The van der Waals surface area contributed by atoms with Gasteiger partial charge in [-0.05, 0) is 6.92 Å². The van der Waals surface area contributed by atoms with Crippen LogP contribution in [0.5, 0.6) is 0 Å². The van der Waals surface area contributed by atoms with Gasteiger partial charge in [0.25, 0.3) is 0 Å². The van der Waals surface area contributed by atoms with Crippen LogP contribution in [-0.4, -0.2) is 39.3 Å². The van der Waals surface area contributed by atoms with Gasteiger partial charge in [0.05, 0.1) is 6.04 Å². The number of hydrogen-bond acceptors (Lipinski definition) is 7. The summed E-state index contributed by atoms with van der Waals surface area (Å²) in [6.45, 7) is 2.70. The predicted molar refractivity (Wildman–Crippen MR) is 69.0 cm³/mol. The number of aromatic nitrogens is 2. The van der Waals surface area contributed by atoms with E-state index in [4.69, 9.17) is 10.2 Å². The van der Waals surface area contributed by atoms with Gasteiger partial charge in [0, 0.05) is 29.1 Å². The minimum absolute atomic E-state index is 0.206. The lowest BCUT2D eigenvalue weighted by Gasteiger charge is -2.20. The van der Waals surface area contributed by atoms with Crippen molar-refractivity contribution in [1.29, 1.82) is 0 Å². The molecule has 1 aliphatic heterocycles. The van der Waals surface area contributed by atoms with Crippen LogP contribution < -0.4 is 11.1 Å². The molecule has 0 amide bonds. The number of rotatable bonds is 4. The van der Waals surface area contributed by atoms with Gasteiger partial charge in [-0.25, -0.2) is 0 Å². The summed E-state index contributed by atoms with van der Waals surface area (Å²) < 4.78 is 5.36. The molecular formula is C9H16N4OS2. The van der Waals surface area contributed by atoms with Gasteiger partial charge in [-0.1, -0.05) is 5.10 Å². The molecule has 90 valence electrons. The van der Waals surface area contributed by atoms with Crippen LogP contribution in [0.4, 0.5) is 6.01 Å². The van der Waals surface area contributed by atoms with E-state index in [0.29, 0.717) is 17.2 Å². The highest BCUT2D eigenvalue weighted by Crippen LogP contribution is 2.24. The second-order valence-corrected chi connectivity index (χ2v) is 6.24. The molecule has 7 heteroatoms. The Kier molecular flexibility index (Phi) is 4.37. The molecule has 2 atom stereocenters. The summed E-state index contributed by atoms with van der Waals surface area (Å²) in [4.78, 5) is 0. The fourth-order valence-electron chi connectivity index (χ4n) is 1.35. The average Bonchev–Trinajstić information content (AvgIpc) is 2.76. The maximum Gasteiger partial charge on any atom is 0.315 e. The minimum atomic E-state index is -0.206. The van der Waals surface area contributed by atoms with Crippen molar-refractivity contribution in [3.63, 3.8) is 0 Å². The molecule has 0 saturated carbocycles. The van der Waals surface area contributed by atoms with Gasteiger partial charge in [0.1, 0.15) is 0 Å². The van der Waals surface area contributed by atoms with Crippen molar-refractivity contribution < 1.29 is 4.42 Å². The number of nitrogens with two attached hydrogens (primary N) is 1. The maximum absolute atomic E-state index is 5.63. The third kappa shape index (κ3) is 3.29. The Hall–Kier alpha value is -0.400. The van der Waals surface area contributed by atoms with E-state index in [2.05, 4.69) is 15.5 Å². The zero-order chi connectivity index (χ0) is 11.4. The number of nitrogens with zero attached hydrogens (tertiary/aromatic N) is 2. The third-order valence-corrected chi connectivity index (χ3v) is 5.04. The summed E-state index contributed by atoms with van der Waals surface area (Å²) in [5.74, 6) is 4.15. The number of nitrogens with one attached hydrogen (secondary N) is 1. The van der Waals surface area contributed by atoms with E-state index >= 15 is 0 Å². The summed E-state index contributed by atoms with van der Waals surface area (Å²) in [5.41, 5.74) is 5.63. The molecule has 1 aromatic heterocycles. The van der Waals surface area contributed by atoms with E-state index in [1.807, 2.05) is 30.4 Å². The standard InChI is InChI=1S/C9H16N4OS2/c1-6(10)8-12-13-9(14-8)11-4-7-5-15-2-3-16-7/h6-7H,2-5,10H2,1H3,(H,11,13). The average molecular weight is 260 g/mol. The second-order valence-electron chi connectivity index (χ2n) is 3.68. The Balaban J connectivity index is 1.79. The van der Waals surface area contributed by atoms with Crippen LogP contribution >= 0.6 is 23.5 Å². The predicted octanol–water partition coefficient (Wildman–Crippen LogP) is 1.35. The largest absolute Gasteiger partial charge is 0.406 e. The van der Waals surface area contributed by atoms with Crippen LogP contribution in [0.2, 0.25) is 0 Å². The normalized spacial score (nSPS) is 23.0. The van der Waals surface area contributed by atoms with Crippen LogP contribution in [0, 0.1) is 0 Å². The summed E-state index contributed by atoms with van der Waals surface area (Å²) in [5, 5.41) is 11.5. The van der Waals surface area contributed by atoms with Gasteiger partial charge in [-0.2, -0.15) is 23.5 Å². The lowest BCUT2D eigenvalue weighted by molar-refractivity contribution is 0.473. The van der Waals surface area contributed by atoms with Crippen LogP contribution in [0.15, 0.2) is 4.42 Å². The Labute approximate surface area is 103 Å².